The van der Waals surface area contributed by atoms with Gasteiger partial charge in [0, 0.05) is 139 Å². The molecule has 118 heavy (non-hydrogen) atoms. The summed E-state index contributed by atoms with van der Waals surface area (Å²) in [6, 6.07) is 32.2. The highest BCUT2D eigenvalue weighted by Crippen LogP contribution is 2.35. The van der Waals surface area contributed by atoms with Crippen LogP contribution in [0, 0.1) is 47.4 Å². The van der Waals surface area contributed by atoms with Gasteiger partial charge in [-0.2, -0.15) is 30.6 Å². The van der Waals surface area contributed by atoms with Crippen molar-refractivity contribution in [2.45, 2.75) is 143 Å². The number of aromatic amines is 6. The predicted molar refractivity (Wildman–Crippen MR) is 451 cm³/mol. The average molecular weight is 1600 g/mol. The van der Waals surface area contributed by atoms with Crippen LogP contribution >= 0.6 is 0 Å². The highest BCUT2D eigenvalue weighted by molar-refractivity contribution is 5.98. The number of halogens is 1. The number of rotatable bonds is 14. The number of ether oxygens (including phenoxy) is 5. The molecule has 5 aliphatic rings. The molecule has 0 radical (unpaired) electrons. The number of aromatic nitrogens is 18. The molecule has 0 atom stereocenters. The molecular formula is C87H98FN23O7. The number of likely N-dealkylation sites (tertiary alicyclic amines) is 2. The van der Waals surface area contributed by atoms with Crippen LogP contribution in [0.5, 0.6) is 29.3 Å². The van der Waals surface area contributed by atoms with Crippen molar-refractivity contribution >= 4 is 100 Å². The summed E-state index contributed by atoms with van der Waals surface area (Å²) in [5, 5.41) is 55.5. The minimum atomic E-state index is -0.344. The van der Waals surface area contributed by atoms with Crippen molar-refractivity contribution in [1.82, 2.24) is 106 Å². The molecule has 610 valence electrons. The number of H-pyrrole nitrogens is 6. The van der Waals surface area contributed by atoms with Gasteiger partial charge in [0.25, 0.3) is 11.8 Å². The van der Waals surface area contributed by atoms with E-state index < -0.39 is 0 Å². The molecule has 8 N–H and O–H groups in total. The smallest absolute Gasteiger partial charge is 0.254 e. The van der Waals surface area contributed by atoms with E-state index in [0.29, 0.717) is 61.6 Å². The fraction of sp³-hybridized carbons (Fsp3) is 0.356. The number of fused-ring (bicyclic) bond motifs is 6. The van der Waals surface area contributed by atoms with Crippen LogP contribution in [0.15, 0.2) is 146 Å². The first-order chi connectivity index (χ1) is 57.6. The fourth-order valence-electron chi connectivity index (χ4n) is 15.2. The number of carbonyl (C=O) groups is 2. The zero-order chi connectivity index (χ0) is 81.4. The molecule has 20 rings (SSSR count). The Morgan fingerprint density at radius 1 is 0.390 bits per heavy atom. The lowest BCUT2D eigenvalue weighted by atomic mass is 9.98. The number of carbonyl (C=O) groups excluding carboxylic acids is 2. The van der Waals surface area contributed by atoms with Crippen LogP contribution in [0.1, 0.15) is 138 Å². The zero-order valence-corrected chi connectivity index (χ0v) is 67.4. The molecule has 15 heterocycles. The van der Waals surface area contributed by atoms with Crippen LogP contribution in [0.25, 0.3) is 65.4 Å². The van der Waals surface area contributed by atoms with E-state index in [2.05, 4.69) is 114 Å². The van der Waals surface area contributed by atoms with E-state index >= 15 is 0 Å². The molecule has 3 aliphatic heterocycles. The van der Waals surface area contributed by atoms with Gasteiger partial charge < -0.3 is 49.0 Å². The van der Waals surface area contributed by atoms with Crippen LogP contribution in [0.2, 0.25) is 0 Å². The number of morpholine rings is 1. The average Bonchev–Trinajstić information content (AvgIpc) is 1.59. The molecule has 2 saturated carbocycles. The van der Waals surface area contributed by atoms with Gasteiger partial charge in [0.2, 0.25) is 23.5 Å². The summed E-state index contributed by atoms with van der Waals surface area (Å²) in [6.07, 6.45) is 26.6. The molecular weight excluding hydrogens is 1500 g/mol. The molecule has 15 aromatic rings. The summed E-state index contributed by atoms with van der Waals surface area (Å²) in [5.41, 5.74) is 14.4. The monoisotopic (exact) mass is 1600 g/mol. The predicted octanol–water partition coefficient (Wildman–Crippen LogP) is 16.2. The minimum Gasteiger partial charge on any atom is -0.474 e. The molecule has 0 unspecified atom stereocenters. The summed E-state index contributed by atoms with van der Waals surface area (Å²) < 4.78 is 42.0. The quantitative estimate of drug-likeness (QED) is 0.0501. The van der Waals surface area contributed by atoms with Crippen LogP contribution < -0.4 is 29.6 Å². The molecule has 2 aliphatic carbocycles. The minimum absolute atomic E-state index is 0.0424. The Morgan fingerprint density at radius 3 is 1.13 bits per heavy atom. The Morgan fingerprint density at radius 2 is 0.729 bits per heavy atom. The van der Waals surface area contributed by atoms with Gasteiger partial charge in [-0.05, 0) is 223 Å². The number of benzene rings is 3. The van der Waals surface area contributed by atoms with E-state index in [4.69, 9.17) is 23.7 Å². The number of piperidine rings is 1. The van der Waals surface area contributed by atoms with Gasteiger partial charge in [0.1, 0.15) is 41.5 Å². The highest BCUT2D eigenvalue weighted by Gasteiger charge is 2.26. The standard InChI is InChI=1S/C18H19N5O2.C18H19N5O.C13H10FN3O.C13H18N4O.C13H17N3O.C12H15N3O/c1-12-16-15(22-21-12)6-7-19-17(16)20-14-4-2-13(3-5-14)18(24)23-8-10-25-11-9-23;1-12-16-15(22-21-12)8-9-19-17(16)20-14-6-4-13(5-7-14)18(24)23-10-2-3-11-23;1-8-12-11(17-16-8)5-6-15-13(12)18-10-4-2-3-9(14)7-10;1-9-12-11(16-15-9)3-6-14-13(12)18-10-4-7-17(2)8-5-10;1-9-12-11(16-15-9)7-8-14-13(12)17-10-5-3-2-4-6-10;1-8-11-10(15-14-8)6-7-13-12(11)16-9-4-2-3-5-9/h2-7H,8-11H2,1H3,(H,19,20)(H,21,22);4-9H,2-3,10-11H2,1H3,(H,19,20)(H,21,22);2-7H,1H3,(H,16,17);3,6,10H,4-5,7-8H2,1-2H3,(H,15,16);7-8,10H,2-6H2,1H3,(H,15,16);6-7,9H,2-5H2,1H3,(H,14,15). The van der Waals surface area contributed by atoms with Gasteiger partial charge in [0.05, 0.1) is 78.6 Å². The summed E-state index contributed by atoms with van der Waals surface area (Å²) in [7, 11) is 2.15. The molecule has 0 spiro atoms. The van der Waals surface area contributed by atoms with Crippen molar-refractivity contribution in [3.8, 4) is 29.3 Å². The number of aryl methyl sites for hydroxylation is 6. The lowest BCUT2D eigenvalue weighted by Crippen LogP contribution is -2.40. The molecule has 30 nitrogen and oxygen atoms in total. The first-order valence-electron chi connectivity index (χ1n) is 40.4. The second kappa shape index (κ2) is 37.7. The van der Waals surface area contributed by atoms with Crippen LogP contribution in [0.3, 0.4) is 0 Å². The lowest BCUT2D eigenvalue weighted by molar-refractivity contribution is 0.0303. The van der Waals surface area contributed by atoms with Gasteiger partial charge in [-0.3, -0.25) is 40.2 Å². The van der Waals surface area contributed by atoms with E-state index in [-0.39, 0.29) is 23.7 Å². The topological polar surface area (TPSA) is 363 Å². The van der Waals surface area contributed by atoms with Crippen molar-refractivity contribution in [1.29, 1.82) is 0 Å². The number of amides is 2. The highest BCUT2D eigenvalue weighted by atomic mass is 19.1. The number of hydrogen-bond acceptors (Lipinski definition) is 22. The SMILES string of the molecule is Cc1[nH]nc2ccnc(Nc3ccc(C(=O)N4CCCC4)cc3)c12.Cc1[nH]nc2ccnc(Nc3ccc(C(=O)N4CCOCC4)cc3)c12.Cc1[nH]nc2ccnc(OC3CCCC3)c12.Cc1[nH]nc2ccnc(OC3CCCCC3)c12.Cc1[nH]nc2ccnc(OC3CCN(C)CC3)c12.Cc1[nH]nc2ccnc(Oc3cccc(F)c3)c12. The molecule has 31 heteroatoms. The van der Waals surface area contributed by atoms with Crippen LogP contribution in [0.4, 0.5) is 27.4 Å². The number of hydrogen-bond donors (Lipinski definition) is 8. The van der Waals surface area contributed by atoms with E-state index in [1.54, 1.807) is 55.4 Å². The number of pyridine rings is 6. The first kappa shape index (κ1) is 80.2. The largest absolute Gasteiger partial charge is 0.474 e. The normalized spacial score (nSPS) is 15.3. The number of nitrogens with zero attached hydrogens (tertiary/aromatic N) is 15. The summed E-state index contributed by atoms with van der Waals surface area (Å²) >= 11 is 0. The van der Waals surface area contributed by atoms with Crippen molar-refractivity contribution in [3.05, 3.63) is 197 Å². The summed E-state index contributed by atoms with van der Waals surface area (Å²) in [5.74, 6) is 4.34. The Kier molecular flexibility index (Phi) is 25.6. The molecule has 3 saturated heterocycles. The molecule has 5 fully saturated rings. The lowest BCUT2D eigenvalue weighted by Gasteiger charge is -2.29. The second-order valence-corrected chi connectivity index (χ2v) is 30.1. The Hall–Kier alpha value is -13.0. The maximum Gasteiger partial charge on any atom is 0.254 e. The summed E-state index contributed by atoms with van der Waals surface area (Å²) in [6.45, 7) is 18.2. The van der Waals surface area contributed by atoms with E-state index in [0.717, 1.165) is 217 Å². The number of nitrogens with one attached hydrogen (secondary N) is 8. The van der Waals surface area contributed by atoms with Gasteiger partial charge in [0.15, 0.2) is 0 Å². The zero-order valence-electron chi connectivity index (χ0n) is 67.4. The molecule has 12 aromatic heterocycles. The number of anilines is 4. The van der Waals surface area contributed by atoms with Crippen molar-refractivity contribution in [3.63, 3.8) is 0 Å². The fourth-order valence-corrected chi connectivity index (χ4v) is 15.2. The van der Waals surface area contributed by atoms with Crippen molar-refractivity contribution in [2.24, 2.45) is 0 Å². The van der Waals surface area contributed by atoms with Crippen LogP contribution in [-0.4, -0.2) is 195 Å². The molecule has 0 bridgehead atoms. The third-order valence-corrected chi connectivity index (χ3v) is 21.6. The van der Waals surface area contributed by atoms with Crippen LogP contribution in [-0.2, 0) is 4.74 Å². The van der Waals surface area contributed by atoms with Gasteiger partial charge in [-0.25, -0.2) is 34.3 Å². The second-order valence-electron chi connectivity index (χ2n) is 30.1. The van der Waals surface area contributed by atoms with Crippen molar-refractivity contribution in [2.75, 3.05) is 70.2 Å². The van der Waals surface area contributed by atoms with E-state index in [1.165, 1.54) is 44.2 Å². The third kappa shape index (κ3) is 19.4. The molecule has 2 amide bonds. The van der Waals surface area contributed by atoms with E-state index in [1.807, 2.05) is 130 Å². The van der Waals surface area contributed by atoms with Gasteiger partial charge >= 0.3 is 0 Å². The maximum absolute atomic E-state index is 13.1. The molecule has 3 aromatic carbocycles. The Bertz CT molecular complexity index is 5870. The van der Waals surface area contributed by atoms with Crippen molar-refractivity contribution < 1.29 is 37.7 Å². The summed E-state index contributed by atoms with van der Waals surface area (Å²) in [4.78, 5) is 56.9. The third-order valence-electron chi connectivity index (χ3n) is 21.6. The Labute approximate surface area is 680 Å². The van der Waals surface area contributed by atoms with Gasteiger partial charge in [-0.15, -0.1) is 0 Å². The van der Waals surface area contributed by atoms with Gasteiger partial charge in [-0.1, -0.05) is 12.5 Å². The first-order valence-corrected chi connectivity index (χ1v) is 40.4. The maximum atomic E-state index is 13.1. The Balaban J connectivity index is 0.000000112. The van der Waals surface area contributed by atoms with E-state index in [9.17, 15) is 14.0 Å².